The number of nitrogens with zero attached hydrogens (tertiary/aromatic N) is 5. The largest absolute Gasteiger partial charge is 0.393 e. The van der Waals surface area contributed by atoms with Gasteiger partial charge in [0.25, 0.3) is 5.69 Å². The highest BCUT2D eigenvalue weighted by molar-refractivity contribution is 5.90. The smallest absolute Gasteiger partial charge is 0.254 e. The second-order valence-electron chi connectivity index (χ2n) is 8.11. The molecular formula is C23H19FN6O. The van der Waals surface area contributed by atoms with Gasteiger partial charge in [0.2, 0.25) is 0 Å². The fourth-order valence-electron chi connectivity index (χ4n) is 4.13. The van der Waals surface area contributed by atoms with Crippen LogP contribution in [0.5, 0.6) is 0 Å². The van der Waals surface area contributed by atoms with E-state index in [1.807, 2.05) is 12.1 Å². The van der Waals surface area contributed by atoms with Crippen molar-refractivity contribution in [3.05, 3.63) is 65.9 Å². The lowest BCUT2D eigenvalue weighted by atomic mass is 9.77. The first kappa shape index (κ1) is 19.2. The van der Waals surface area contributed by atoms with Crippen molar-refractivity contribution in [2.24, 2.45) is 0 Å². The van der Waals surface area contributed by atoms with Crippen LogP contribution in [-0.4, -0.2) is 30.5 Å². The summed E-state index contributed by atoms with van der Waals surface area (Å²) in [5, 5.41) is 15.2. The normalized spacial score (nSPS) is 20.4. The molecule has 3 aromatic heterocycles. The topological polar surface area (TPSA) is 94.2 Å². The number of pyridine rings is 2. The molecule has 0 unspecified atom stereocenters. The zero-order valence-corrected chi connectivity index (χ0v) is 16.7. The fraction of sp³-hybridized carbons (Fsp3) is 0.217. The van der Waals surface area contributed by atoms with Crippen LogP contribution >= 0.6 is 0 Å². The number of nitrogens with two attached hydrogens (primary N) is 1. The first-order valence-corrected chi connectivity index (χ1v) is 9.87. The Hall–Kier alpha value is -3.83. The Balaban J connectivity index is 1.64. The molecule has 0 spiro atoms. The number of hydrogen-bond donors (Lipinski definition) is 2. The molecule has 0 amide bonds. The highest BCUT2D eigenvalue weighted by atomic mass is 19.1. The summed E-state index contributed by atoms with van der Waals surface area (Å²) in [5.41, 5.74) is 7.22. The molecule has 3 N–H and O–H groups in total. The van der Waals surface area contributed by atoms with E-state index in [4.69, 9.17) is 12.3 Å². The maximum Gasteiger partial charge on any atom is 0.254 e. The van der Waals surface area contributed by atoms with Gasteiger partial charge in [0.05, 0.1) is 29.6 Å². The SMILES string of the molecule is [C-]#[N+]c1c(-c2ccc3ccc(-c4ccccn4)nc3c2F)nn(C2CC(C)(O)C2)c1N. The third kappa shape index (κ3) is 3.10. The van der Waals surface area contributed by atoms with E-state index in [0.717, 1.165) is 0 Å². The summed E-state index contributed by atoms with van der Waals surface area (Å²) in [7, 11) is 0. The molecule has 3 heterocycles. The maximum absolute atomic E-state index is 15.6. The van der Waals surface area contributed by atoms with E-state index in [-0.39, 0.29) is 34.3 Å². The van der Waals surface area contributed by atoms with Crippen LogP contribution in [-0.2, 0) is 0 Å². The van der Waals surface area contributed by atoms with Crippen LogP contribution in [0.2, 0.25) is 0 Å². The summed E-state index contributed by atoms with van der Waals surface area (Å²) in [6, 6.07) is 12.3. The molecule has 0 aliphatic heterocycles. The maximum atomic E-state index is 15.6. The van der Waals surface area contributed by atoms with Crippen molar-refractivity contribution >= 4 is 22.4 Å². The van der Waals surface area contributed by atoms with Gasteiger partial charge in [-0.2, -0.15) is 5.10 Å². The molecule has 8 heteroatoms. The third-order valence-corrected chi connectivity index (χ3v) is 5.71. The number of aromatic nitrogens is 4. The Bertz CT molecular complexity index is 1350. The van der Waals surface area contributed by atoms with E-state index in [1.54, 1.807) is 43.5 Å². The van der Waals surface area contributed by atoms with Gasteiger partial charge in [0.1, 0.15) is 17.0 Å². The molecular weight excluding hydrogens is 395 g/mol. The summed E-state index contributed by atoms with van der Waals surface area (Å²) < 4.78 is 17.1. The Morgan fingerprint density at radius 3 is 2.65 bits per heavy atom. The van der Waals surface area contributed by atoms with Gasteiger partial charge in [-0.25, -0.2) is 14.2 Å². The molecule has 4 aromatic rings. The number of halogens is 1. The number of nitrogen functional groups attached to an aromatic ring is 1. The molecule has 1 aliphatic carbocycles. The lowest BCUT2D eigenvalue weighted by Crippen LogP contribution is -2.42. The molecule has 0 radical (unpaired) electrons. The predicted molar refractivity (Wildman–Crippen MR) is 116 cm³/mol. The van der Waals surface area contributed by atoms with Gasteiger partial charge in [-0.1, -0.05) is 24.3 Å². The van der Waals surface area contributed by atoms with Crippen molar-refractivity contribution < 1.29 is 9.50 Å². The second kappa shape index (κ2) is 6.86. The predicted octanol–water partition coefficient (Wildman–Crippen LogP) is 4.52. The Kier molecular flexibility index (Phi) is 4.24. The number of rotatable bonds is 3. The number of hydrogen-bond acceptors (Lipinski definition) is 5. The summed E-state index contributed by atoms with van der Waals surface area (Å²) >= 11 is 0. The minimum Gasteiger partial charge on any atom is -0.393 e. The van der Waals surface area contributed by atoms with Crippen LogP contribution < -0.4 is 5.73 Å². The summed E-state index contributed by atoms with van der Waals surface area (Å²) in [5.74, 6) is -0.384. The number of aliphatic hydroxyl groups is 1. The van der Waals surface area contributed by atoms with Crippen LogP contribution in [0, 0.1) is 12.4 Å². The molecule has 1 fully saturated rings. The van der Waals surface area contributed by atoms with E-state index >= 15 is 4.39 Å². The highest BCUT2D eigenvalue weighted by Crippen LogP contribution is 2.46. The van der Waals surface area contributed by atoms with Gasteiger partial charge >= 0.3 is 0 Å². The number of fused-ring (bicyclic) bond motifs is 1. The summed E-state index contributed by atoms with van der Waals surface area (Å²) in [4.78, 5) is 12.3. The van der Waals surface area contributed by atoms with Crippen molar-refractivity contribution in [1.82, 2.24) is 19.7 Å². The first-order chi connectivity index (χ1) is 14.9. The van der Waals surface area contributed by atoms with Crippen molar-refractivity contribution in [1.29, 1.82) is 0 Å². The minimum atomic E-state index is -0.776. The first-order valence-electron chi connectivity index (χ1n) is 9.87. The van der Waals surface area contributed by atoms with Crippen molar-refractivity contribution in [2.45, 2.75) is 31.4 Å². The lowest BCUT2D eigenvalue weighted by molar-refractivity contribution is -0.0535. The van der Waals surface area contributed by atoms with Crippen LogP contribution in [0.3, 0.4) is 0 Å². The molecule has 1 aliphatic rings. The van der Waals surface area contributed by atoms with Crippen molar-refractivity contribution in [3.63, 3.8) is 0 Å². The van der Waals surface area contributed by atoms with Crippen LogP contribution in [0.1, 0.15) is 25.8 Å². The minimum absolute atomic E-state index is 0.102. The second-order valence-corrected chi connectivity index (χ2v) is 8.11. The van der Waals surface area contributed by atoms with Crippen molar-refractivity contribution in [2.75, 3.05) is 5.73 Å². The van der Waals surface area contributed by atoms with Gasteiger partial charge in [0.15, 0.2) is 5.82 Å². The van der Waals surface area contributed by atoms with E-state index in [0.29, 0.717) is 29.6 Å². The van der Waals surface area contributed by atoms with Crippen LogP contribution in [0.4, 0.5) is 15.9 Å². The molecule has 1 saturated carbocycles. The molecule has 154 valence electrons. The van der Waals surface area contributed by atoms with Gasteiger partial charge < -0.3 is 10.8 Å². The van der Waals surface area contributed by atoms with Gasteiger partial charge in [-0.3, -0.25) is 9.67 Å². The average Bonchev–Trinajstić information content (AvgIpc) is 3.08. The molecule has 5 rings (SSSR count). The van der Waals surface area contributed by atoms with Gasteiger partial charge in [-0.15, -0.1) is 0 Å². The average molecular weight is 414 g/mol. The van der Waals surface area contributed by atoms with Crippen LogP contribution in [0.25, 0.3) is 38.4 Å². The monoisotopic (exact) mass is 414 g/mol. The summed E-state index contributed by atoms with van der Waals surface area (Å²) in [6.45, 7) is 9.30. The molecule has 1 aromatic carbocycles. The molecule has 7 nitrogen and oxygen atoms in total. The zero-order valence-electron chi connectivity index (χ0n) is 16.7. The van der Waals surface area contributed by atoms with Gasteiger partial charge in [-0.05, 0) is 38.0 Å². The standard InChI is InChI=1S/C23H19FN6O/c1-23(31)11-14(12-23)30-22(25)21(26-2)20(29-30)15-8-6-13-7-9-17(28-19(13)18(15)24)16-5-3-4-10-27-16/h3-10,14,31H,11-12,25H2,1H3. The van der Waals surface area contributed by atoms with E-state index < -0.39 is 11.4 Å². The molecule has 0 bridgehead atoms. The van der Waals surface area contributed by atoms with E-state index in [1.165, 1.54) is 4.68 Å². The highest BCUT2D eigenvalue weighted by Gasteiger charge is 2.41. The van der Waals surface area contributed by atoms with Crippen molar-refractivity contribution in [3.8, 4) is 22.6 Å². The Morgan fingerprint density at radius 2 is 1.97 bits per heavy atom. The van der Waals surface area contributed by atoms with E-state index in [9.17, 15) is 5.11 Å². The third-order valence-electron chi connectivity index (χ3n) is 5.71. The van der Waals surface area contributed by atoms with Crippen LogP contribution in [0.15, 0.2) is 48.7 Å². The van der Waals surface area contributed by atoms with Gasteiger partial charge in [0, 0.05) is 17.1 Å². The zero-order chi connectivity index (χ0) is 21.8. The molecule has 31 heavy (non-hydrogen) atoms. The Labute approximate surface area is 177 Å². The molecule has 0 atom stereocenters. The lowest BCUT2D eigenvalue weighted by Gasteiger charge is -2.41. The fourth-order valence-corrected chi connectivity index (χ4v) is 4.13. The Morgan fingerprint density at radius 1 is 1.19 bits per heavy atom. The quantitative estimate of drug-likeness (QED) is 0.481. The van der Waals surface area contributed by atoms with E-state index in [2.05, 4.69) is 19.9 Å². The summed E-state index contributed by atoms with van der Waals surface area (Å²) in [6.07, 6.45) is 2.61. The number of anilines is 1. The molecule has 0 saturated heterocycles. The number of benzene rings is 1.